The van der Waals surface area contributed by atoms with Crippen LogP contribution in [0.1, 0.15) is 45.6 Å². The van der Waals surface area contributed by atoms with E-state index in [0.29, 0.717) is 5.41 Å². The summed E-state index contributed by atoms with van der Waals surface area (Å²) in [5.74, 6) is 0.259. The summed E-state index contributed by atoms with van der Waals surface area (Å²) < 4.78 is 0. The van der Waals surface area contributed by atoms with E-state index < -0.39 is 5.60 Å². The normalized spacial score (nSPS) is 29.5. The van der Waals surface area contributed by atoms with Gasteiger partial charge in [-0.1, -0.05) is 39.0 Å². The van der Waals surface area contributed by atoms with Crippen molar-refractivity contribution in [3.8, 4) is 0 Å². The van der Waals surface area contributed by atoms with Crippen LogP contribution in [0.2, 0.25) is 0 Å². The van der Waals surface area contributed by atoms with Crippen molar-refractivity contribution in [1.29, 1.82) is 0 Å². The topological polar surface area (TPSA) is 33.1 Å². The van der Waals surface area contributed by atoms with Crippen molar-refractivity contribution in [3.63, 3.8) is 0 Å². The lowest BCUT2D eigenvalue weighted by Crippen LogP contribution is -2.41. The van der Waals surface area contributed by atoms with Gasteiger partial charge < -0.3 is 5.11 Å². The van der Waals surface area contributed by atoms with E-state index in [0.717, 1.165) is 35.7 Å². The molecule has 1 saturated carbocycles. The monoisotopic (exact) mass is 269 g/mol. The van der Waals surface area contributed by atoms with Crippen LogP contribution in [0.4, 0.5) is 0 Å². The second kappa shape index (κ2) is 4.56. The van der Waals surface area contributed by atoms with Crippen LogP contribution in [-0.4, -0.2) is 10.1 Å². The Labute approximate surface area is 120 Å². The molecule has 2 unspecified atom stereocenters. The van der Waals surface area contributed by atoms with Crippen LogP contribution in [0.5, 0.6) is 0 Å². The number of nitrogens with zero attached hydrogens (tertiary/aromatic N) is 1. The van der Waals surface area contributed by atoms with Gasteiger partial charge in [0, 0.05) is 17.1 Å². The zero-order valence-electron chi connectivity index (χ0n) is 12.6. The molecule has 2 heteroatoms. The number of fused-ring (bicyclic) bond motifs is 1. The number of hydrogen-bond donors (Lipinski definition) is 1. The van der Waals surface area contributed by atoms with Crippen molar-refractivity contribution in [2.75, 3.05) is 0 Å². The first-order chi connectivity index (χ1) is 9.41. The van der Waals surface area contributed by atoms with E-state index in [1.165, 1.54) is 0 Å². The zero-order valence-corrected chi connectivity index (χ0v) is 12.6. The SMILES string of the molecule is CC1CC(C)(C)CCC1(O)c1cnc2ccccc2c1. The Hall–Kier alpha value is -1.41. The molecule has 2 atom stereocenters. The maximum atomic E-state index is 11.2. The number of aromatic nitrogens is 1. The fourth-order valence-electron chi connectivity index (χ4n) is 3.61. The Balaban J connectivity index is 2.01. The third-order valence-corrected chi connectivity index (χ3v) is 4.95. The first kappa shape index (κ1) is 13.6. The van der Waals surface area contributed by atoms with Gasteiger partial charge in [-0.2, -0.15) is 0 Å². The molecule has 1 aliphatic rings. The van der Waals surface area contributed by atoms with Gasteiger partial charge in [0.25, 0.3) is 0 Å². The van der Waals surface area contributed by atoms with Crippen molar-refractivity contribution in [2.24, 2.45) is 11.3 Å². The van der Waals surface area contributed by atoms with E-state index in [1.807, 2.05) is 24.4 Å². The van der Waals surface area contributed by atoms with Gasteiger partial charge >= 0.3 is 0 Å². The summed E-state index contributed by atoms with van der Waals surface area (Å²) in [6.45, 7) is 6.75. The smallest absolute Gasteiger partial charge is 0.0937 e. The minimum absolute atomic E-state index is 0.259. The Bertz CT molecular complexity index is 634. The summed E-state index contributed by atoms with van der Waals surface area (Å²) in [6, 6.07) is 10.2. The summed E-state index contributed by atoms with van der Waals surface area (Å²) in [5, 5.41) is 12.3. The van der Waals surface area contributed by atoms with Crippen LogP contribution in [0.3, 0.4) is 0 Å². The molecular formula is C18H23NO. The molecule has 2 nitrogen and oxygen atoms in total. The highest BCUT2D eigenvalue weighted by Gasteiger charge is 2.43. The number of aliphatic hydroxyl groups is 1. The van der Waals surface area contributed by atoms with Crippen LogP contribution in [-0.2, 0) is 5.60 Å². The van der Waals surface area contributed by atoms with Crippen LogP contribution >= 0.6 is 0 Å². The fourth-order valence-corrected chi connectivity index (χ4v) is 3.61. The Morgan fingerprint density at radius 1 is 1.20 bits per heavy atom. The van der Waals surface area contributed by atoms with Gasteiger partial charge in [-0.15, -0.1) is 0 Å². The van der Waals surface area contributed by atoms with Crippen molar-refractivity contribution < 1.29 is 5.11 Å². The molecule has 0 amide bonds. The molecular weight excluding hydrogens is 246 g/mol. The van der Waals surface area contributed by atoms with Crippen LogP contribution in [0, 0.1) is 11.3 Å². The number of rotatable bonds is 1. The fraction of sp³-hybridized carbons (Fsp3) is 0.500. The van der Waals surface area contributed by atoms with Crippen LogP contribution < -0.4 is 0 Å². The molecule has 1 fully saturated rings. The number of pyridine rings is 1. The molecule has 106 valence electrons. The van der Waals surface area contributed by atoms with Gasteiger partial charge in [-0.05, 0) is 42.7 Å². The Morgan fingerprint density at radius 3 is 2.70 bits per heavy atom. The first-order valence-corrected chi connectivity index (χ1v) is 7.48. The summed E-state index contributed by atoms with van der Waals surface area (Å²) in [6.07, 6.45) is 4.79. The molecule has 1 aromatic heterocycles. The maximum absolute atomic E-state index is 11.2. The number of para-hydroxylation sites is 1. The molecule has 1 aromatic carbocycles. The maximum Gasteiger partial charge on any atom is 0.0937 e. The van der Waals surface area contributed by atoms with E-state index in [-0.39, 0.29) is 5.92 Å². The molecule has 3 rings (SSSR count). The molecule has 20 heavy (non-hydrogen) atoms. The van der Waals surface area contributed by atoms with Crippen molar-refractivity contribution in [2.45, 2.75) is 45.6 Å². The predicted octanol–water partition coefficient (Wildman–Crippen LogP) is 4.27. The zero-order chi connectivity index (χ0) is 14.4. The first-order valence-electron chi connectivity index (χ1n) is 7.48. The van der Waals surface area contributed by atoms with Gasteiger partial charge in [0.1, 0.15) is 0 Å². The van der Waals surface area contributed by atoms with Gasteiger partial charge in [0.05, 0.1) is 11.1 Å². The lowest BCUT2D eigenvalue weighted by atomic mass is 9.63. The highest BCUT2D eigenvalue weighted by Crippen LogP contribution is 2.48. The molecule has 1 heterocycles. The second-order valence-corrected chi connectivity index (χ2v) is 7.11. The summed E-state index contributed by atoms with van der Waals surface area (Å²) in [4.78, 5) is 4.51. The van der Waals surface area contributed by atoms with E-state index in [4.69, 9.17) is 0 Å². The molecule has 1 N–H and O–H groups in total. The summed E-state index contributed by atoms with van der Waals surface area (Å²) >= 11 is 0. The van der Waals surface area contributed by atoms with Crippen molar-refractivity contribution in [1.82, 2.24) is 4.98 Å². The lowest BCUT2D eigenvalue weighted by molar-refractivity contribution is -0.0770. The summed E-state index contributed by atoms with van der Waals surface area (Å²) in [5.41, 5.74) is 1.56. The summed E-state index contributed by atoms with van der Waals surface area (Å²) in [7, 11) is 0. The molecule has 0 saturated heterocycles. The Kier molecular flexibility index (Phi) is 3.09. The van der Waals surface area contributed by atoms with Gasteiger partial charge in [0.2, 0.25) is 0 Å². The van der Waals surface area contributed by atoms with Gasteiger partial charge in [-0.3, -0.25) is 4.98 Å². The average molecular weight is 269 g/mol. The quantitative estimate of drug-likeness (QED) is 0.838. The molecule has 0 spiro atoms. The third kappa shape index (κ3) is 2.22. The molecule has 0 aliphatic heterocycles. The van der Waals surface area contributed by atoms with Gasteiger partial charge in [-0.25, -0.2) is 0 Å². The predicted molar refractivity (Wildman–Crippen MR) is 82.4 cm³/mol. The largest absolute Gasteiger partial charge is 0.385 e. The van der Waals surface area contributed by atoms with Crippen molar-refractivity contribution >= 4 is 10.9 Å². The molecule has 0 radical (unpaired) electrons. The van der Waals surface area contributed by atoms with Crippen molar-refractivity contribution in [3.05, 3.63) is 42.1 Å². The number of benzene rings is 1. The van der Waals surface area contributed by atoms with Crippen LogP contribution in [0.25, 0.3) is 10.9 Å². The van der Waals surface area contributed by atoms with E-state index in [2.05, 4.69) is 37.9 Å². The highest BCUT2D eigenvalue weighted by atomic mass is 16.3. The highest BCUT2D eigenvalue weighted by molar-refractivity contribution is 5.78. The lowest BCUT2D eigenvalue weighted by Gasteiger charge is -2.45. The van der Waals surface area contributed by atoms with E-state index in [1.54, 1.807) is 0 Å². The molecule has 1 aliphatic carbocycles. The van der Waals surface area contributed by atoms with E-state index >= 15 is 0 Å². The minimum Gasteiger partial charge on any atom is -0.385 e. The average Bonchev–Trinajstić information content (AvgIpc) is 2.42. The standard InChI is InChI=1S/C18H23NO/c1-13-11-17(2,3)8-9-18(13,20)15-10-14-6-4-5-7-16(14)19-12-15/h4-7,10,12-13,20H,8-9,11H2,1-3H3. The Morgan fingerprint density at radius 2 is 1.95 bits per heavy atom. The second-order valence-electron chi connectivity index (χ2n) is 7.11. The molecule has 0 bridgehead atoms. The molecule has 2 aromatic rings. The third-order valence-electron chi connectivity index (χ3n) is 4.95. The minimum atomic E-state index is -0.730. The van der Waals surface area contributed by atoms with E-state index in [9.17, 15) is 5.11 Å². The van der Waals surface area contributed by atoms with Gasteiger partial charge in [0.15, 0.2) is 0 Å². The van der Waals surface area contributed by atoms with Crippen LogP contribution in [0.15, 0.2) is 36.5 Å². The number of hydrogen-bond acceptors (Lipinski definition) is 2.